The van der Waals surface area contributed by atoms with Crippen molar-refractivity contribution in [3.63, 3.8) is 0 Å². The van der Waals surface area contributed by atoms with Crippen LogP contribution in [-0.2, 0) is 16.0 Å². The molecule has 0 fully saturated rings. The van der Waals surface area contributed by atoms with E-state index in [9.17, 15) is 9.59 Å². The Hall–Kier alpha value is -4.46. The molecular formula is C26H24N4O4. The number of amides is 1. The number of aryl methyl sites for hydroxylation is 1. The normalized spacial score (nSPS) is 11.6. The van der Waals surface area contributed by atoms with Crippen LogP contribution in [0.3, 0.4) is 0 Å². The highest BCUT2D eigenvalue weighted by Crippen LogP contribution is 2.25. The van der Waals surface area contributed by atoms with Crippen molar-refractivity contribution in [3.8, 4) is 16.8 Å². The molecule has 0 unspecified atom stereocenters. The molecule has 2 N–H and O–H groups in total. The maximum atomic E-state index is 12.6. The van der Waals surface area contributed by atoms with Crippen LogP contribution >= 0.6 is 0 Å². The van der Waals surface area contributed by atoms with Crippen LogP contribution in [0.15, 0.2) is 78.9 Å². The van der Waals surface area contributed by atoms with E-state index in [4.69, 9.17) is 9.84 Å². The number of hydrogen-bond donors (Lipinski definition) is 2. The lowest BCUT2D eigenvalue weighted by Gasteiger charge is -2.15. The Bertz CT molecular complexity index is 1300. The zero-order valence-electron chi connectivity index (χ0n) is 18.8. The Morgan fingerprint density at radius 2 is 1.74 bits per heavy atom. The summed E-state index contributed by atoms with van der Waals surface area (Å²) in [6.45, 7) is 3.56. The molecule has 0 spiro atoms. The molecule has 0 aliphatic heterocycles. The Labute approximate surface area is 196 Å². The van der Waals surface area contributed by atoms with Crippen LogP contribution in [0.25, 0.3) is 16.8 Å². The number of anilines is 1. The highest BCUT2D eigenvalue weighted by molar-refractivity contribution is 5.84. The predicted molar refractivity (Wildman–Crippen MR) is 128 cm³/mol. The summed E-state index contributed by atoms with van der Waals surface area (Å²) in [6.07, 6.45) is -1.04. The number of rotatable bonds is 7. The van der Waals surface area contributed by atoms with Crippen molar-refractivity contribution in [2.24, 2.45) is 0 Å². The van der Waals surface area contributed by atoms with E-state index in [0.29, 0.717) is 17.2 Å². The second kappa shape index (κ2) is 9.99. The minimum Gasteiger partial charge on any atom is -0.481 e. The molecule has 0 aliphatic rings. The third-order valence-electron chi connectivity index (χ3n) is 5.35. The molecule has 34 heavy (non-hydrogen) atoms. The average Bonchev–Trinajstić information content (AvgIpc) is 3.19. The molecule has 3 aromatic carbocycles. The van der Waals surface area contributed by atoms with Crippen LogP contribution in [0.4, 0.5) is 10.6 Å². The number of nitrogens with one attached hydrogen (secondary N) is 1. The zero-order valence-corrected chi connectivity index (χ0v) is 18.8. The molecule has 0 saturated heterocycles. The Morgan fingerprint density at radius 1 is 1.00 bits per heavy atom. The van der Waals surface area contributed by atoms with Crippen LogP contribution in [-0.4, -0.2) is 32.2 Å². The van der Waals surface area contributed by atoms with E-state index in [1.165, 1.54) is 0 Å². The van der Waals surface area contributed by atoms with E-state index < -0.39 is 18.2 Å². The number of benzene rings is 3. The summed E-state index contributed by atoms with van der Waals surface area (Å²) in [4.78, 5) is 23.5. The quantitative estimate of drug-likeness (QED) is 0.397. The molecule has 8 heteroatoms. The first-order valence-corrected chi connectivity index (χ1v) is 10.8. The fraction of sp³-hybridized carbons (Fsp3) is 0.154. The molecule has 0 aliphatic carbocycles. The van der Waals surface area contributed by atoms with Crippen LogP contribution in [0.5, 0.6) is 0 Å². The second-order valence-electron chi connectivity index (χ2n) is 7.84. The van der Waals surface area contributed by atoms with Gasteiger partial charge in [0.15, 0.2) is 5.82 Å². The molecule has 0 bridgehead atoms. The van der Waals surface area contributed by atoms with Gasteiger partial charge < -0.3 is 9.84 Å². The van der Waals surface area contributed by atoms with Crippen molar-refractivity contribution in [3.05, 3.63) is 95.7 Å². The first-order valence-electron chi connectivity index (χ1n) is 10.8. The first kappa shape index (κ1) is 22.7. The minimum absolute atomic E-state index is 0.0213. The Kier molecular flexibility index (Phi) is 6.68. The van der Waals surface area contributed by atoms with Gasteiger partial charge in [0.2, 0.25) is 0 Å². The van der Waals surface area contributed by atoms with Gasteiger partial charge in [-0.3, -0.25) is 10.1 Å². The van der Waals surface area contributed by atoms with E-state index in [2.05, 4.69) is 15.6 Å². The highest BCUT2D eigenvalue weighted by atomic mass is 16.6. The van der Waals surface area contributed by atoms with Gasteiger partial charge in [-0.05, 0) is 48.2 Å². The minimum atomic E-state index is -0.868. The van der Waals surface area contributed by atoms with Crippen molar-refractivity contribution in [2.45, 2.75) is 26.4 Å². The highest BCUT2D eigenvalue weighted by Gasteiger charge is 2.18. The molecule has 1 amide bonds. The fourth-order valence-electron chi connectivity index (χ4n) is 3.57. The van der Waals surface area contributed by atoms with E-state index in [1.807, 2.05) is 73.7 Å². The van der Waals surface area contributed by atoms with Crippen LogP contribution in [0.1, 0.15) is 29.8 Å². The van der Waals surface area contributed by atoms with Gasteiger partial charge >= 0.3 is 12.1 Å². The summed E-state index contributed by atoms with van der Waals surface area (Å²) in [6, 6.07) is 24.5. The Balaban J connectivity index is 1.53. The predicted octanol–water partition coefficient (Wildman–Crippen LogP) is 5.18. The standard InChI is InChI=1S/C26H24N4O4/c1-17-25(27-26(33)34-18(2)20-7-4-3-5-8-20)30(29-28-17)23-10-6-9-22(16-23)21-13-11-19(12-14-21)15-24(31)32/h3-14,16,18H,15H2,1-2H3,(H,27,33)(H,31,32)/t18-/m1/s1. The largest absolute Gasteiger partial charge is 0.481 e. The number of carboxylic acid groups (broad SMARTS) is 1. The maximum absolute atomic E-state index is 12.6. The SMILES string of the molecule is Cc1nnn(-c2cccc(-c3ccc(CC(=O)O)cc3)c2)c1NC(=O)O[C@H](C)c1ccccc1. The van der Waals surface area contributed by atoms with Crippen molar-refractivity contribution in [2.75, 3.05) is 5.32 Å². The number of aliphatic carboxylic acids is 1. The molecule has 4 rings (SSSR count). The fourth-order valence-corrected chi connectivity index (χ4v) is 3.57. The monoisotopic (exact) mass is 456 g/mol. The number of hydrogen-bond acceptors (Lipinski definition) is 5. The molecule has 1 aromatic heterocycles. The van der Waals surface area contributed by atoms with Gasteiger partial charge in [-0.1, -0.05) is 71.9 Å². The van der Waals surface area contributed by atoms with Gasteiger partial charge in [-0.25, -0.2) is 4.79 Å². The van der Waals surface area contributed by atoms with E-state index >= 15 is 0 Å². The number of nitrogens with zero attached hydrogens (tertiary/aromatic N) is 3. The van der Waals surface area contributed by atoms with Crippen molar-refractivity contribution in [1.29, 1.82) is 0 Å². The summed E-state index contributed by atoms with van der Waals surface area (Å²) >= 11 is 0. The van der Waals surface area contributed by atoms with Gasteiger partial charge in [-0.2, -0.15) is 4.68 Å². The van der Waals surface area contributed by atoms with Crippen LogP contribution in [0, 0.1) is 6.92 Å². The van der Waals surface area contributed by atoms with Crippen molar-refractivity contribution in [1.82, 2.24) is 15.0 Å². The first-order chi connectivity index (χ1) is 16.4. The van der Waals surface area contributed by atoms with Gasteiger partial charge in [-0.15, -0.1) is 5.10 Å². The zero-order chi connectivity index (χ0) is 24.1. The lowest BCUT2D eigenvalue weighted by molar-refractivity contribution is -0.136. The molecule has 0 radical (unpaired) electrons. The molecule has 1 atom stereocenters. The molecule has 4 aromatic rings. The number of carboxylic acids is 1. The second-order valence-corrected chi connectivity index (χ2v) is 7.84. The summed E-state index contributed by atoms with van der Waals surface area (Å²) in [5.41, 5.74) is 4.72. The molecular weight excluding hydrogens is 432 g/mol. The van der Waals surface area contributed by atoms with Crippen LogP contribution in [0.2, 0.25) is 0 Å². The maximum Gasteiger partial charge on any atom is 0.413 e. The van der Waals surface area contributed by atoms with Gasteiger partial charge in [0, 0.05) is 0 Å². The lowest BCUT2D eigenvalue weighted by Crippen LogP contribution is -2.18. The number of aromatic nitrogens is 3. The summed E-state index contributed by atoms with van der Waals surface area (Å²) in [5.74, 6) is -0.452. The van der Waals surface area contributed by atoms with Crippen LogP contribution < -0.4 is 5.32 Å². The third-order valence-corrected chi connectivity index (χ3v) is 5.35. The molecule has 8 nitrogen and oxygen atoms in total. The summed E-state index contributed by atoms with van der Waals surface area (Å²) in [5, 5.41) is 20.0. The smallest absolute Gasteiger partial charge is 0.413 e. The van der Waals surface area contributed by atoms with Crippen molar-refractivity contribution >= 4 is 17.9 Å². The van der Waals surface area contributed by atoms with E-state index in [0.717, 1.165) is 22.3 Å². The number of carbonyl (C=O) groups is 2. The van der Waals surface area contributed by atoms with E-state index in [-0.39, 0.29) is 6.42 Å². The lowest BCUT2D eigenvalue weighted by atomic mass is 10.0. The number of ether oxygens (including phenoxy) is 1. The average molecular weight is 457 g/mol. The molecule has 172 valence electrons. The Morgan fingerprint density at radius 3 is 2.44 bits per heavy atom. The molecule has 1 heterocycles. The van der Waals surface area contributed by atoms with E-state index in [1.54, 1.807) is 23.7 Å². The van der Waals surface area contributed by atoms with Gasteiger partial charge in [0.1, 0.15) is 11.8 Å². The summed E-state index contributed by atoms with van der Waals surface area (Å²) in [7, 11) is 0. The summed E-state index contributed by atoms with van der Waals surface area (Å²) < 4.78 is 7.07. The topological polar surface area (TPSA) is 106 Å². The molecule has 0 saturated carbocycles. The van der Waals surface area contributed by atoms with Crippen molar-refractivity contribution < 1.29 is 19.4 Å². The third kappa shape index (κ3) is 5.29. The van der Waals surface area contributed by atoms with Gasteiger partial charge in [0.25, 0.3) is 0 Å². The number of carbonyl (C=O) groups excluding carboxylic acids is 1. The van der Waals surface area contributed by atoms with Gasteiger partial charge in [0.05, 0.1) is 12.1 Å².